The van der Waals surface area contributed by atoms with Gasteiger partial charge in [0.15, 0.2) is 0 Å². The molecule has 0 saturated carbocycles. The summed E-state index contributed by atoms with van der Waals surface area (Å²) in [6.45, 7) is 3.17. The maximum absolute atomic E-state index is 5.98. The van der Waals surface area contributed by atoms with Gasteiger partial charge in [-0.2, -0.15) is 0 Å². The van der Waals surface area contributed by atoms with Crippen LogP contribution >= 0.6 is 11.6 Å². The van der Waals surface area contributed by atoms with Crippen molar-refractivity contribution in [1.29, 1.82) is 0 Å². The van der Waals surface area contributed by atoms with Crippen LogP contribution in [0, 0.1) is 6.92 Å². The minimum absolute atomic E-state index is 0.596. The van der Waals surface area contributed by atoms with E-state index in [1.807, 2.05) is 55.5 Å². The fourth-order valence-corrected chi connectivity index (χ4v) is 2.06. The number of aromatic nitrogens is 1. The molecule has 0 atom stereocenters. The molecular formula is C17H19ClN2O. The minimum Gasteiger partial charge on any atom is -0.491 e. The van der Waals surface area contributed by atoms with Gasteiger partial charge in [0.25, 0.3) is 0 Å². The molecule has 3 nitrogen and oxygen atoms in total. The summed E-state index contributed by atoms with van der Waals surface area (Å²) in [5.74, 6) is 0.771. The van der Waals surface area contributed by atoms with Crippen LogP contribution in [0.2, 0.25) is 5.02 Å². The van der Waals surface area contributed by atoms with Crippen molar-refractivity contribution in [2.75, 3.05) is 13.2 Å². The van der Waals surface area contributed by atoms with Crippen molar-refractivity contribution in [1.82, 2.24) is 4.98 Å². The number of rotatable bonds is 6. The number of hydrogen-bond donors (Lipinski definition) is 1. The van der Waals surface area contributed by atoms with E-state index in [4.69, 9.17) is 22.1 Å². The van der Waals surface area contributed by atoms with Crippen molar-refractivity contribution in [3.63, 3.8) is 0 Å². The summed E-state index contributed by atoms with van der Waals surface area (Å²) in [7, 11) is 0. The summed E-state index contributed by atoms with van der Waals surface area (Å²) < 4.78 is 5.72. The highest BCUT2D eigenvalue weighted by molar-refractivity contribution is 6.30. The number of benzene rings is 1. The number of nitrogens with zero attached hydrogens (tertiary/aromatic N) is 1. The average Bonchev–Trinajstić information content (AvgIpc) is 2.47. The molecule has 1 heterocycles. The molecule has 2 rings (SSSR count). The molecule has 0 aliphatic rings. The summed E-state index contributed by atoms with van der Waals surface area (Å²) >= 11 is 5.98. The number of halogens is 1. The fraction of sp³-hybridized carbons (Fsp3) is 0.235. The van der Waals surface area contributed by atoms with Gasteiger partial charge in [-0.05, 0) is 55.8 Å². The SMILES string of the molecule is Cc1ccc(OCCCN)c(C=Cc2cccc(Cl)c2)n1. The number of nitrogens with two attached hydrogens (primary N) is 1. The second-order valence-electron chi connectivity index (χ2n) is 4.72. The van der Waals surface area contributed by atoms with E-state index in [1.165, 1.54) is 0 Å². The van der Waals surface area contributed by atoms with Crippen molar-refractivity contribution in [3.05, 3.63) is 58.4 Å². The van der Waals surface area contributed by atoms with Crippen LogP contribution in [-0.2, 0) is 0 Å². The lowest BCUT2D eigenvalue weighted by Crippen LogP contribution is -2.07. The molecule has 2 N–H and O–H groups in total. The number of ether oxygens (including phenoxy) is 1. The lowest BCUT2D eigenvalue weighted by atomic mass is 10.2. The van der Waals surface area contributed by atoms with E-state index in [9.17, 15) is 0 Å². The van der Waals surface area contributed by atoms with Gasteiger partial charge in [0.1, 0.15) is 11.4 Å². The molecule has 1 aromatic heterocycles. The molecule has 0 unspecified atom stereocenters. The van der Waals surface area contributed by atoms with Gasteiger partial charge in [-0.15, -0.1) is 0 Å². The molecule has 21 heavy (non-hydrogen) atoms. The Morgan fingerprint density at radius 1 is 1.24 bits per heavy atom. The maximum Gasteiger partial charge on any atom is 0.144 e. The van der Waals surface area contributed by atoms with Gasteiger partial charge in [-0.3, -0.25) is 0 Å². The van der Waals surface area contributed by atoms with Crippen molar-refractivity contribution in [3.8, 4) is 5.75 Å². The van der Waals surface area contributed by atoms with Gasteiger partial charge in [-0.25, -0.2) is 4.98 Å². The number of pyridine rings is 1. The molecule has 1 aromatic carbocycles. The summed E-state index contributed by atoms with van der Waals surface area (Å²) in [6.07, 6.45) is 4.74. The Bertz CT molecular complexity index is 626. The lowest BCUT2D eigenvalue weighted by Gasteiger charge is -2.08. The van der Waals surface area contributed by atoms with Crippen LogP contribution in [0.4, 0.5) is 0 Å². The third kappa shape index (κ3) is 4.88. The standard InChI is InChI=1S/C17H19ClN2O/c1-13-6-9-17(21-11-3-10-19)16(20-13)8-7-14-4-2-5-15(18)12-14/h2,4-9,12H,3,10-11,19H2,1H3. The van der Waals surface area contributed by atoms with Crippen molar-refractivity contribution < 1.29 is 4.74 Å². The Hall–Kier alpha value is -1.84. The first-order valence-electron chi connectivity index (χ1n) is 6.93. The van der Waals surface area contributed by atoms with Crippen LogP contribution in [0.5, 0.6) is 5.75 Å². The van der Waals surface area contributed by atoms with Gasteiger partial charge in [0.05, 0.1) is 6.61 Å². The van der Waals surface area contributed by atoms with E-state index in [0.717, 1.165) is 29.1 Å². The first kappa shape index (κ1) is 15.5. The van der Waals surface area contributed by atoms with Gasteiger partial charge >= 0.3 is 0 Å². The summed E-state index contributed by atoms with van der Waals surface area (Å²) in [4.78, 5) is 4.51. The second-order valence-corrected chi connectivity index (χ2v) is 5.15. The molecule has 0 saturated heterocycles. The van der Waals surface area contributed by atoms with Crippen molar-refractivity contribution in [2.24, 2.45) is 5.73 Å². The Morgan fingerprint density at radius 2 is 2.10 bits per heavy atom. The van der Waals surface area contributed by atoms with E-state index < -0.39 is 0 Å². The monoisotopic (exact) mass is 302 g/mol. The molecule has 0 radical (unpaired) electrons. The van der Waals surface area contributed by atoms with Crippen LogP contribution in [-0.4, -0.2) is 18.1 Å². The van der Waals surface area contributed by atoms with Crippen LogP contribution < -0.4 is 10.5 Å². The van der Waals surface area contributed by atoms with Crippen LogP contribution in [0.1, 0.15) is 23.4 Å². The largest absolute Gasteiger partial charge is 0.491 e. The van der Waals surface area contributed by atoms with Crippen molar-refractivity contribution in [2.45, 2.75) is 13.3 Å². The molecule has 0 amide bonds. The highest BCUT2D eigenvalue weighted by atomic mass is 35.5. The highest BCUT2D eigenvalue weighted by Gasteiger charge is 2.03. The second kappa shape index (κ2) is 7.81. The zero-order valence-electron chi connectivity index (χ0n) is 12.1. The third-order valence-electron chi connectivity index (χ3n) is 2.91. The predicted octanol–water partition coefficient (Wildman–Crippen LogP) is 3.94. The first-order valence-corrected chi connectivity index (χ1v) is 7.31. The average molecular weight is 303 g/mol. The summed E-state index contributed by atoms with van der Waals surface area (Å²) in [6, 6.07) is 11.6. The molecule has 0 aliphatic heterocycles. The Labute approximate surface area is 130 Å². The van der Waals surface area contributed by atoms with E-state index in [2.05, 4.69) is 4.98 Å². The molecule has 0 bridgehead atoms. The van der Waals surface area contributed by atoms with Gasteiger partial charge in [0, 0.05) is 10.7 Å². The fourth-order valence-electron chi connectivity index (χ4n) is 1.86. The molecule has 0 aliphatic carbocycles. The Morgan fingerprint density at radius 3 is 2.86 bits per heavy atom. The lowest BCUT2D eigenvalue weighted by molar-refractivity contribution is 0.311. The van der Waals surface area contributed by atoms with Gasteiger partial charge in [0.2, 0.25) is 0 Å². The molecular weight excluding hydrogens is 284 g/mol. The normalized spacial score (nSPS) is 11.0. The van der Waals surface area contributed by atoms with Crippen LogP contribution in [0.15, 0.2) is 36.4 Å². The minimum atomic E-state index is 0.596. The number of hydrogen-bond acceptors (Lipinski definition) is 3. The molecule has 0 spiro atoms. The Balaban J connectivity index is 2.19. The zero-order valence-corrected chi connectivity index (χ0v) is 12.8. The zero-order chi connectivity index (χ0) is 15.1. The van der Waals surface area contributed by atoms with E-state index in [0.29, 0.717) is 18.2 Å². The van der Waals surface area contributed by atoms with Crippen molar-refractivity contribution >= 4 is 23.8 Å². The summed E-state index contributed by atoms with van der Waals surface area (Å²) in [5.41, 5.74) is 8.27. The highest BCUT2D eigenvalue weighted by Crippen LogP contribution is 2.20. The van der Waals surface area contributed by atoms with Gasteiger partial charge < -0.3 is 10.5 Å². The quantitative estimate of drug-likeness (QED) is 0.822. The topological polar surface area (TPSA) is 48.1 Å². The van der Waals surface area contributed by atoms with Crippen LogP contribution in [0.25, 0.3) is 12.2 Å². The number of aryl methyl sites for hydroxylation is 1. The summed E-state index contributed by atoms with van der Waals surface area (Å²) in [5, 5.41) is 0.716. The maximum atomic E-state index is 5.98. The van der Waals surface area contributed by atoms with E-state index in [1.54, 1.807) is 0 Å². The Kier molecular flexibility index (Phi) is 5.78. The predicted molar refractivity (Wildman–Crippen MR) is 88.5 cm³/mol. The molecule has 2 aromatic rings. The first-order chi connectivity index (χ1) is 10.2. The van der Waals surface area contributed by atoms with E-state index in [-0.39, 0.29) is 0 Å². The van der Waals surface area contributed by atoms with Gasteiger partial charge in [-0.1, -0.05) is 29.8 Å². The third-order valence-corrected chi connectivity index (χ3v) is 3.15. The smallest absolute Gasteiger partial charge is 0.144 e. The molecule has 4 heteroatoms. The molecule has 110 valence electrons. The van der Waals surface area contributed by atoms with E-state index >= 15 is 0 Å². The van der Waals surface area contributed by atoms with Crippen LogP contribution in [0.3, 0.4) is 0 Å². The molecule has 0 fully saturated rings.